The summed E-state index contributed by atoms with van der Waals surface area (Å²) >= 11 is 0. The van der Waals surface area contributed by atoms with Gasteiger partial charge in [0.1, 0.15) is 0 Å². The topological polar surface area (TPSA) is 30.5 Å². The fraction of sp³-hybridized carbons (Fsp3) is 1.00. The summed E-state index contributed by atoms with van der Waals surface area (Å²) in [7, 11) is 0. The Labute approximate surface area is 93.5 Å². The van der Waals surface area contributed by atoms with Crippen molar-refractivity contribution in [2.75, 3.05) is 39.5 Å². The maximum Gasteiger partial charge on any atom is 0.0591 e. The molecule has 0 unspecified atom stereocenters. The first-order valence-electron chi connectivity index (χ1n) is 6.29. The molecule has 1 aliphatic carbocycles. The molecule has 3 heteroatoms. The molecule has 1 saturated carbocycles. The molecule has 0 amide bonds. The molecular formula is C12H25NO2. The standard InChI is InChI=1S/C12H25NO2/c1-2-14-9-4-3-7-13-8-10-15-11-12-5-6-12/h12-13H,2-11H2,1H3. The molecule has 0 spiro atoms. The second-order valence-corrected chi connectivity index (χ2v) is 4.17. The molecule has 15 heavy (non-hydrogen) atoms. The zero-order valence-electron chi connectivity index (χ0n) is 9.96. The first kappa shape index (κ1) is 12.9. The normalized spacial score (nSPS) is 15.8. The predicted octanol–water partition coefficient (Wildman–Crippen LogP) is 1.82. The van der Waals surface area contributed by atoms with Crippen LogP contribution in [0.15, 0.2) is 0 Å². The minimum Gasteiger partial charge on any atom is -0.382 e. The van der Waals surface area contributed by atoms with Crippen LogP contribution >= 0.6 is 0 Å². The van der Waals surface area contributed by atoms with Crippen LogP contribution in [0, 0.1) is 5.92 Å². The molecule has 0 aromatic heterocycles. The van der Waals surface area contributed by atoms with E-state index < -0.39 is 0 Å². The molecule has 90 valence electrons. The molecule has 0 saturated heterocycles. The van der Waals surface area contributed by atoms with Gasteiger partial charge in [0.25, 0.3) is 0 Å². The van der Waals surface area contributed by atoms with Crippen LogP contribution in [-0.2, 0) is 9.47 Å². The Balaban J connectivity index is 1.62. The fourth-order valence-corrected chi connectivity index (χ4v) is 1.40. The predicted molar refractivity (Wildman–Crippen MR) is 62.1 cm³/mol. The number of hydrogen-bond donors (Lipinski definition) is 1. The van der Waals surface area contributed by atoms with E-state index in [0.29, 0.717) is 0 Å². The number of unbranched alkanes of at least 4 members (excludes halogenated alkanes) is 1. The third-order valence-corrected chi connectivity index (χ3v) is 2.57. The van der Waals surface area contributed by atoms with Crippen molar-refractivity contribution in [3.63, 3.8) is 0 Å². The zero-order valence-corrected chi connectivity index (χ0v) is 9.96. The molecule has 1 N–H and O–H groups in total. The number of rotatable bonds is 11. The average molecular weight is 215 g/mol. The summed E-state index contributed by atoms with van der Waals surface area (Å²) in [5.41, 5.74) is 0. The van der Waals surface area contributed by atoms with Crippen molar-refractivity contribution in [3.8, 4) is 0 Å². The lowest BCUT2D eigenvalue weighted by Crippen LogP contribution is -2.21. The van der Waals surface area contributed by atoms with Crippen LogP contribution < -0.4 is 5.32 Å². The van der Waals surface area contributed by atoms with E-state index in [1.54, 1.807) is 0 Å². The van der Waals surface area contributed by atoms with Crippen LogP contribution in [0.5, 0.6) is 0 Å². The van der Waals surface area contributed by atoms with E-state index >= 15 is 0 Å². The quantitative estimate of drug-likeness (QED) is 0.533. The summed E-state index contributed by atoms with van der Waals surface area (Å²) in [6.07, 6.45) is 5.11. The molecular weight excluding hydrogens is 190 g/mol. The Morgan fingerprint density at radius 3 is 2.67 bits per heavy atom. The van der Waals surface area contributed by atoms with E-state index in [2.05, 4.69) is 5.32 Å². The second-order valence-electron chi connectivity index (χ2n) is 4.17. The molecule has 1 aliphatic rings. The Kier molecular flexibility index (Phi) is 7.88. The van der Waals surface area contributed by atoms with E-state index in [0.717, 1.165) is 51.9 Å². The van der Waals surface area contributed by atoms with Crippen molar-refractivity contribution in [1.82, 2.24) is 5.32 Å². The first-order valence-corrected chi connectivity index (χ1v) is 6.29. The third-order valence-electron chi connectivity index (χ3n) is 2.57. The van der Waals surface area contributed by atoms with Gasteiger partial charge in [-0.2, -0.15) is 0 Å². The van der Waals surface area contributed by atoms with Gasteiger partial charge in [-0.1, -0.05) is 0 Å². The summed E-state index contributed by atoms with van der Waals surface area (Å²) < 4.78 is 10.8. The minimum absolute atomic E-state index is 0.836. The van der Waals surface area contributed by atoms with Crippen molar-refractivity contribution in [1.29, 1.82) is 0 Å². The largest absolute Gasteiger partial charge is 0.382 e. The van der Waals surface area contributed by atoms with Gasteiger partial charge < -0.3 is 14.8 Å². The number of nitrogens with one attached hydrogen (secondary N) is 1. The van der Waals surface area contributed by atoms with E-state index in [4.69, 9.17) is 9.47 Å². The Morgan fingerprint density at radius 1 is 1.07 bits per heavy atom. The van der Waals surface area contributed by atoms with Gasteiger partial charge in [-0.05, 0) is 45.1 Å². The molecule has 0 radical (unpaired) electrons. The molecule has 1 fully saturated rings. The smallest absolute Gasteiger partial charge is 0.0591 e. The lowest BCUT2D eigenvalue weighted by molar-refractivity contribution is 0.125. The molecule has 3 nitrogen and oxygen atoms in total. The molecule has 0 atom stereocenters. The molecule has 0 aromatic rings. The third kappa shape index (κ3) is 8.85. The van der Waals surface area contributed by atoms with Crippen LogP contribution in [0.1, 0.15) is 32.6 Å². The van der Waals surface area contributed by atoms with Crippen LogP contribution in [0.3, 0.4) is 0 Å². The maximum atomic E-state index is 5.52. The van der Waals surface area contributed by atoms with Gasteiger partial charge in [0, 0.05) is 26.4 Å². The average Bonchev–Trinajstić information content (AvgIpc) is 3.05. The monoisotopic (exact) mass is 215 g/mol. The van der Waals surface area contributed by atoms with E-state index in [1.165, 1.54) is 19.3 Å². The number of hydrogen-bond acceptors (Lipinski definition) is 3. The number of ether oxygens (including phenoxy) is 2. The van der Waals surface area contributed by atoms with Gasteiger partial charge in [0.15, 0.2) is 0 Å². The van der Waals surface area contributed by atoms with Crippen molar-refractivity contribution < 1.29 is 9.47 Å². The Hall–Kier alpha value is -0.120. The SMILES string of the molecule is CCOCCCCNCCOCC1CC1. The van der Waals surface area contributed by atoms with Crippen LogP contribution in [-0.4, -0.2) is 39.5 Å². The minimum atomic E-state index is 0.836. The van der Waals surface area contributed by atoms with Gasteiger partial charge in [0.05, 0.1) is 6.61 Å². The van der Waals surface area contributed by atoms with Gasteiger partial charge in [-0.15, -0.1) is 0 Å². The van der Waals surface area contributed by atoms with Crippen LogP contribution in [0.25, 0.3) is 0 Å². The van der Waals surface area contributed by atoms with Crippen LogP contribution in [0.2, 0.25) is 0 Å². The van der Waals surface area contributed by atoms with Crippen LogP contribution in [0.4, 0.5) is 0 Å². The summed E-state index contributed by atoms with van der Waals surface area (Å²) in [5.74, 6) is 0.885. The van der Waals surface area contributed by atoms with Gasteiger partial charge in [0.2, 0.25) is 0 Å². The Morgan fingerprint density at radius 2 is 1.93 bits per heavy atom. The van der Waals surface area contributed by atoms with Gasteiger partial charge >= 0.3 is 0 Å². The van der Waals surface area contributed by atoms with Crippen molar-refractivity contribution in [3.05, 3.63) is 0 Å². The Bertz CT molecular complexity index is 138. The van der Waals surface area contributed by atoms with Crippen molar-refractivity contribution in [2.45, 2.75) is 32.6 Å². The molecule has 0 aliphatic heterocycles. The van der Waals surface area contributed by atoms with E-state index in [1.807, 2.05) is 6.92 Å². The first-order chi connectivity index (χ1) is 7.43. The molecule has 0 aromatic carbocycles. The summed E-state index contributed by atoms with van der Waals surface area (Å²) in [6.45, 7) is 7.68. The summed E-state index contributed by atoms with van der Waals surface area (Å²) in [4.78, 5) is 0. The maximum absolute atomic E-state index is 5.52. The molecule has 0 heterocycles. The highest BCUT2D eigenvalue weighted by atomic mass is 16.5. The van der Waals surface area contributed by atoms with Crippen molar-refractivity contribution >= 4 is 0 Å². The van der Waals surface area contributed by atoms with Gasteiger partial charge in [-0.3, -0.25) is 0 Å². The lowest BCUT2D eigenvalue weighted by Gasteiger charge is -2.05. The molecule has 1 rings (SSSR count). The van der Waals surface area contributed by atoms with E-state index in [-0.39, 0.29) is 0 Å². The second kappa shape index (κ2) is 9.13. The van der Waals surface area contributed by atoms with Gasteiger partial charge in [-0.25, -0.2) is 0 Å². The fourth-order valence-electron chi connectivity index (χ4n) is 1.40. The highest BCUT2D eigenvalue weighted by Crippen LogP contribution is 2.28. The lowest BCUT2D eigenvalue weighted by atomic mass is 10.3. The van der Waals surface area contributed by atoms with Crippen molar-refractivity contribution in [2.24, 2.45) is 5.92 Å². The summed E-state index contributed by atoms with van der Waals surface area (Å²) in [6, 6.07) is 0. The molecule has 0 bridgehead atoms. The summed E-state index contributed by atoms with van der Waals surface area (Å²) in [5, 5.41) is 3.38. The highest BCUT2D eigenvalue weighted by Gasteiger charge is 2.20. The zero-order chi connectivity index (χ0) is 10.8. The highest BCUT2D eigenvalue weighted by molar-refractivity contribution is 4.71. The van der Waals surface area contributed by atoms with E-state index in [9.17, 15) is 0 Å².